The van der Waals surface area contributed by atoms with Crippen LogP contribution in [0.2, 0.25) is 0 Å². The van der Waals surface area contributed by atoms with Crippen LogP contribution in [0.3, 0.4) is 0 Å². The SMILES string of the molecule is CC.Cc1ncc(C(=O)O)o1. The van der Waals surface area contributed by atoms with Gasteiger partial charge in [-0.15, -0.1) is 0 Å². The van der Waals surface area contributed by atoms with E-state index in [2.05, 4.69) is 9.40 Å². The Morgan fingerprint density at radius 2 is 2.18 bits per heavy atom. The summed E-state index contributed by atoms with van der Waals surface area (Å²) in [5, 5.41) is 8.26. The third kappa shape index (κ3) is 2.84. The largest absolute Gasteiger partial charge is 0.475 e. The van der Waals surface area contributed by atoms with Crippen molar-refractivity contribution in [2.75, 3.05) is 0 Å². The van der Waals surface area contributed by atoms with Crippen LogP contribution in [0.4, 0.5) is 0 Å². The number of nitrogens with zero attached hydrogens (tertiary/aromatic N) is 1. The number of carbonyl (C=O) groups is 1. The van der Waals surface area contributed by atoms with Crippen LogP contribution in [0.25, 0.3) is 0 Å². The number of oxazole rings is 1. The Kier molecular flexibility index (Phi) is 3.95. The third-order valence-electron chi connectivity index (χ3n) is 0.832. The number of aromatic nitrogens is 1. The molecule has 1 heterocycles. The Morgan fingerprint density at radius 3 is 2.36 bits per heavy atom. The zero-order chi connectivity index (χ0) is 8.85. The first-order valence-corrected chi connectivity index (χ1v) is 3.36. The van der Waals surface area contributed by atoms with Crippen molar-refractivity contribution in [2.45, 2.75) is 20.8 Å². The van der Waals surface area contributed by atoms with E-state index in [0.717, 1.165) is 0 Å². The van der Waals surface area contributed by atoms with Gasteiger partial charge in [-0.05, 0) is 0 Å². The van der Waals surface area contributed by atoms with Crippen molar-refractivity contribution >= 4 is 5.97 Å². The van der Waals surface area contributed by atoms with Crippen LogP contribution in [0.1, 0.15) is 30.3 Å². The topological polar surface area (TPSA) is 63.3 Å². The summed E-state index contributed by atoms with van der Waals surface area (Å²) in [6, 6.07) is 0. The maximum absolute atomic E-state index is 10.1. The van der Waals surface area contributed by atoms with Gasteiger partial charge in [-0.2, -0.15) is 0 Å². The molecule has 11 heavy (non-hydrogen) atoms. The first-order valence-electron chi connectivity index (χ1n) is 3.36. The highest BCUT2D eigenvalue weighted by Gasteiger charge is 2.06. The van der Waals surface area contributed by atoms with E-state index in [1.165, 1.54) is 6.20 Å². The molecule has 62 valence electrons. The normalized spacial score (nSPS) is 8.27. The van der Waals surface area contributed by atoms with Crippen molar-refractivity contribution in [3.8, 4) is 0 Å². The molecule has 4 nitrogen and oxygen atoms in total. The van der Waals surface area contributed by atoms with Crippen molar-refractivity contribution in [2.24, 2.45) is 0 Å². The van der Waals surface area contributed by atoms with Crippen molar-refractivity contribution in [1.29, 1.82) is 0 Å². The highest BCUT2D eigenvalue weighted by atomic mass is 16.4. The van der Waals surface area contributed by atoms with E-state index in [0.29, 0.717) is 5.89 Å². The molecular weight excluding hydrogens is 146 g/mol. The molecule has 0 fully saturated rings. The fraction of sp³-hybridized carbons (Fsp3) is 0.429. The van der Waals surface area contributed by atoms with Gasteiger partial charge in [-0.3, -0.25) is 0 Å². The fourth-order valence-electron chi connectivity index (χ4n) is 0.460. The molecule has 0 aliphatic heterocycles. The highest BCUT2D eigenvalue weighted by molar-refractivity contribution is 5.83. The standard InChI is InChI=1S/C5H5NO3.C2H6/c1-3-6-2-4(9-3)5(7)8;1-2/h2H,1H3,(H,7,8);1-2H3. The van der Waals surface area contributed by atoms with Crippen molar-refractivity contribution in [3.05, 3.63) is 17.8 Å². The van der Waals surface area contributed by atoms with Crippen LogP contribution in [0, 0.1) is 6.92 Å². The van der Waals surface area contributed by atoms with Crippen LogP contribution in [0.15, 0.2) is 10.6 Å². The predicted molar refractivity (Wildman–Crippen MR) is 39.5 cm³/mol. The first kappa shape index (κ1) is 9.68. The quantitative estimate of drug-likeness (QED) is 0.673. The van der Waals surface area contributed by atoms with Gasteiger partial charge in [0.15, 0.2) is 5.89 Å². The summed E-state index contributed by atoms with van der Waals surface area (Å²) in [4.78, 5) is 13.7. The second-order valence-corrected chi connectivity index (χ2v) is 1.55. The Morgan fingerprint density at radius 1 is 1.64 bits per heavy atom. The molecule has 1 rings (SSSR count). The molecule has 1 aromatic rings. The third-order valence-corrected chi connectivity index (χ3v) is 0.832. The van der Waals surface area contributed by atoms with E-state index in [-0.39, 0.29) is 5.76 Å². The lowest BCUT2D eigenvalue weighted by atomic mass is 10.5. The molecule has 0 bridgehead atoms. The molecule has 0 aliphatic rings. The van der Waals surface area contributed by atoms with Gasteiger partial charge in [0.1, 0.15) is 0 Å². The Hall–Kier alpha value is -1.32. The van der Waals surface area contributed by atoms with Crippen LogP contribution in [-0.4, -0.2) is 16.1 Å². The van der Waals surface area contributed by atoms with Crippen LogP contribution >= 0.6 is 0 Å². The second kappa shape index (κ2) is 4.49. The van der Waals surface area contributed by atoms with E-state index >= 15 is 0 Å². The molecule has 0 saturated heterocycles. The molecule has 0 aliphatic carbocycles. The van der Waals surface area contributed by atoms with E-state index in [4.69, 9.17) is 5.11 Å². The zero-order valence-corrected chi connectivity index (χ0v) is 6.79. The number of aryl methyl sites for hydroxylation is 1. The molecule has 0 amide bonds. The number of carboxylic acid groups (broad SMARTS) is 1. The summed E-state index contributed by atoms with van der Waals surface area (Å²) < 4.78 is 4.63. The summed E-state index contributed by atoms with van der Waals surface area (Å²) in [6.45, 7) is 5.59. The van der Waals surface area contributed by atoms with Gasteiger partial charge in [-0.25, -0.2) is 9.78 Å². The first-order chi connectivity index (χ1) is 5.20. The molecule has 0 atom stereocenters. The average Bonchev–Trinajstić information content (AvgIpc) is 2.40. The van der Waals surface area contributed by atoms with Crippen LogP contribution in [0.5, 0.6) is 0 Å². The smallest absolute Gasteiger partial charge is 0.373 e. The van der Waals surface area contributed by atoms with Gasteiger partial charge in [0.05, 0.1) is 6.20 Å². The predicted octanol–water partition coefficient (Wildman–Crippen LogP) is 1.71. The number of hydrogen-bond donors (Lipinski definition) is 1. The maximum atomic E-state index is 10.1. The van der Waals surface area contributed by atoms with Gasteiger partial charge in [0.2, 0.25) is 5.76 Å². The summed E-state index contributed by atoms with van der Waals surface area (Å²) in [5.74, 6) is -0.837. The lowest BCUT2D eigenvalue weighted by molar-refractivity contribution is 0.0661. The molecule has 0 radical (unpaired) electrons. The summed E-state index contributed by atoms with van der Waals surface area (Å²) in [7, 11) is 0. The van der Waals surface area contributed by atoms with Gasteiger partial charge < -0.3 is 9.52 Å². The highest BCUT2D eigenvalue weighted by Crippen LogP contribution is 2.00. The van der Waals surface area contributed by atoms with E-state index < -0.39 is 5.97 Å². The molecule has 0 spiro atoms. The van der Waals surface area contributed by atoms with E-state index in [1.807, 2.05) is 13.8 Å². The van der Waals surface area contributed by atoms with Crippen molar-refractivity contribution in [3.63, 3.8) is 0 Å². The number of aromatic carboxylic acids is 1. The van der Waals surface area contributed by atoms with Gasteiger partial charge in [0, 0.05) is 6.92 Å². The molecule has 1 N–H and O–H groups in total. The lowest BCUT2D eigenvalue weighted by Crippen LogP contribution is -1.91. The molecular formula is C7H11NO3. The van der Waals surface area contributed by atoms with Crippen molar-refractivity contribution < 1.29 is 14.3 Å². The van der Waals surface area contributed by atoms with Gasteiger partial charge in [0.25, 0.3) is 0 Å². The minimum atomic E-state index is -1.09. The fourth-order valence-corrected chi connectivity index (χ4v) is 0.460. The summed E-state index contributed by atoms with van der Waals surface area (Å²) in [6.07, 6.45) is 1.18. The summed E-state index contributed by atoms with van der Waals surface area (Å²) >= 11 is 0. The minimum absolute atomic E-state index is 0.118. The van der Waals surface area contributed by atoms with Crippen molar-refractivity contribution in [1.82, 2.24) is 4.98 Å². The molecule has 0 saturated carbocycles. The van der Waals surface area contributed by atoms with E-state index in [9.17, 15) is 4.79 Å². The van der Waals surface area contributed by atoms with E-state index in [1.54, 1.807) is 6.92 Å². The average molecular weight is 157 g/mol. The van der Waals surface area contributed by atoms with Gasteiger partial charge >= 0.3 is 5.97 Å². The van der Waals surface area contributed by atoms with Crippen LogP contribution < -0.4 is 0 Å². The number of hydrogen-bond acceptors (Lipinski definition) is 3. The monoisotopic (exact) mass is 157 g/mol. The lowest BCUT2D eigenvalue weighted by Gasteiger charge is -1.79. The van der Waals surface area contributed by atoms with Gasteiger partial charge in [-0.1, -0.05) is 13.8 Å². The summed E-state index contributed by atoms with van der Waals surface area (Å²) in [5.41, 5.74) is 0. The Bertz CT molecular complexity index is 229. The Balaban J connectivity index is 0.000000461. The molecule has 0 unspecified atom stereocenters. The second-order valence-electron chi connectivity index (χ2n) is 1.55. The Labute approximate surface area is 64.9 Å². The zero-order valence-electron chi connectivity index (χ0n) is 6.79. The number of rotatable bonds is 1. The maximum Gasteiger partial charge on any atom is 0.373 e. The molecule has 4 heteroatoms. The van der Waals surface area contributed by atoms with Crippen LogP contribution in [-0.2, 0) is 0 Å². The minimum Gasteiger partial charge on any atom is -0.475 e. The number of carboxylic acids is 1. The molecule has 1 aromatic heterocycles. The molecule has 0 aromatic carbocycles.